The first-order chi connectivity index (χ1) is 15.4. The van der Waals surface area contributed by atoms with Gasteiger partial charge in [0.25, 0.3) is 10.1 Å². The third-order valence-corrected chi connectivity index (χ3v) is 7.03. The average molecular weight is 459 g/mol. The Morgan fingerprint density at radius 2 is 1.28 bits per heavy atom. The second-order valence-electron chi connectivity index (χ2n) is 8.58. The highest BCUT2D eigenvalue weighted by Crippen LogP contribution is 2.16. The zero-order chi connectivity index (χ0) is 23.2. The first kappa shape index (κ1) is 26.3. The van der Waals surface area contributed by atoms with Crippen molar-refractivity contribution >= 4 is 15.9 Å². The summed E-state index contributed by atoms with van der Waals surface area (Å²) in [5.41, 5.74) is 2.63. The van der Waals surface area contributed by atoms with E-state index in [0.717, 1.165) is 18.4 Å². The summed E-state index contributed by atoms with van der Waals surface area (Å²) in [5, 5.41) is 0. The van der Waals surface area contributed by atoms with Crippen LogP contribution in [0.5, 0.6) is 0 Å². The van der Waals surface area contributed by atoms with Gasteiger partial charge in [-0.05, 0) is 37.5 Å². The third-order valence-electron chi connectivity index (χ3n) is 5.75. The van der Waals surface area contributed by atoms with Gasteiger partial charge in [-0.25, -0.2) is 0 Å². The number of hydrogen-bond donors (Lipinski definition) is 0. The first-order valence-electron chi connectivity index (χ1n) is 12.0. The normalized spacial score (nSPS) is 11.6. The molecule has 0 atom stereocenters. The lowest BCUT2D eigenvalue weighted by Crippen LogP contribution is -2.14. The van der Waals surface area contributed by atoms with Crippen molar-refractivity contribution in [1.29, 1.82) is 0 Å². The molecule has 0 aliphatic heterocycles. The maximum absolute atomic E-state index is 12.3. The quantitative estimate of drug-likeness (QED) is 0.154. The Kier molecular flexibility index (Phi) is 11.7. The van der Waals surface area contributed by atoms with Crippen LogP contribution in [0.25, 0.3) is 0 Å². The predicted molar refractivity (Wildman–Crippen MR) is 131 cm³/mol. The van der Waals surface area contributed by atoms with E-state index >= 15 is 0 Å². The molecule has 2 aromatic carbocycles. The lowest BCUT2D eigenvalue weighted by molar-refractivity contribution is 0.0924. The molecule has 0 amide bonds. The van der Waals surface area contributed by atoms with Gasteiger partial charge in [-0.2, -0.15) is 8.42 Å². The Hall–Kier alpha value is -1.98. The second-order valence-corrected chi connectivity index (χ2v) is 10.2. The molecule has 0 aliphatic rings. The number of unbranched alkanes of at least 4 members (excludes halogenated alkanes) is 9. The molecule has 0 bridgehead atoms. The summed E-state index contributed by atoms with van der Waals surface area (Å²) in [4.78, 5) is 12.4. The Labute approximate surface area is 194 Å². The standard InChI is InChI=1S/C27H38O4S/c1-3-4-5-6-7-8-9-10-11-12-13-24-16-18-25(19-17-24)27(28)22-31-32(29,30)26-20-14-23(2)15-21-26/h14-21H,3-13,22H2,1-2H3. The highest BCUT2D eigenvalue weighted by molar-refractivity contribution is 7.86. The van der Waals surface area contributed by atoms with Gasteiger partial charge < -0.3 is 0 Å². The predicted octanol–water partition coefficient (Wildman–Crippen LogP) is 7.05. The molecule has 32 heavy (non-hydrogen) atoms. The first-order valence-corrected chi connectivity index (χ1v) is 13.4. The maximum atomic E-state index is 12.3. The van der Waals surface area contributed by atoms with Crippen molar-refractivity contribution in [2.24, 2.45) is 0 Å². The fourth-order valence-corrected chi connectivity index (χ4v) is 4.53. The molecule has 0 saturated carbocycles. The van der Waals surface area contributed by atoms with Crippen LogP contribution >= 0.6 is 0 Å². The molecule has 0 unspecified atom stereocenters. The Morgan fingerprint density at radius 1 is 0.750 bits per heavy atom. The lowest BCUT2D eigenvalue weighted by Gasteiger charge is -2.07. The summed E-state index contributed by atoms with van der Waals surface area (Å²) in [5.74, 6) is -0.342. The zero-order valence-electron chi connectivity index (χ0n) is 19.6. The van der Waals surface area contributed by atoms with Crippen molar-refractivity contribution in [3.63, 3.8) is 0 Å². The number of ketones is 1. The van der Waals surface area contributed by atoms with E-state index in [4.69, 9.17) is 4.18 Å². The van der Waals surface area contributed by atoms with E-state index in [1.807, 2.05) is 19.1 Å². The maximum Gasteiger partial charge on any atom is 0.297 e. The summed E-state index contributed by atoms with van der Waals surface area (Å²) in [6.45, 7) is 3.63. The van der Waals surface area contributed by atoms with Crippen LogP contribution in [0.2, 0.25) is 0 Å². The minimum absolute atomic E-state index is 0.0581. The van der Waals surface area contributed by atoms with E-state index in [1.165, 1.54) is 75.5 Å². The van der Waals surface area contributed by atoms with Gasteiger partial charge in [-0.1, -0.05) is 107 Å². The number of carbonyl (C=O) groups is 1. The van der Waals surface area contributed by atoms with Crippen molar-refractivity contribution in [1.82, 2.24) is 0 Å². The monoisotopic (exact) mass is 458 g/mol. The highest BCUT2D eigenvalue weighted by Gasteiger charge is 2.17. The minimum Gasteiger partial charge on any atom is -0.291 e. The molecule has 4 nitrogen and oxygen atoms in total. The fourth-order valence-electron chi connectivity index (χ4n) is 3.66. The molecule has 0 fully saturated rings. The van der Waals surface area contributed by atoms with Crippen molar-refractivity contribution in [2.75, 3.05) is 6.61 Å². The molecular weight excluding hydrogens is 420 g/mol. The molecule has 0 saturated heterocycles. The van der Waals surface area contributed by atoms with Crippen LogP contribution in [0, 0.1) is 6.92 Å². The Balaban J connectivity index is 1.66. The van der Waals surface area contributed by atoms with Crippen LogP contribution in [0.3, 0.4) is 0 Å². The minimum atomic E-state index is -3.94. The van der Waals surface area contributed by atoms with Gasteiger partial charge in [0.15, 0.2) is 5.78 Å². The molecule has 0 N–H and O–H groups in total. The largest absolute Gasteiger partial charge is 0.297 e. The number of rotatable bonds is 16. The van der Waals surface area contributed by atoms with Gasteiger partial charge >= 0.3 is 0 Å². The van der Waals surface area contributed by atoms with Crippen LogP contribution < -0.4 is 0 Å². The highest BCUT2D eigenvalue weighted by atomic mass is 32.2. The number of carbonyl (C=O) groups excluding carboxylic acids is 1. The van der Waals surface area contributed by atoms with E-state index in [1.54, 1.807) is 24.3 Å². The Morgan fingerprint density at radius 3 is 1.84 bits per heavy atom. The van der Waals surface area contributed by atoms with Gasteiger partial charge in [-0.3, -0.25) is 8.98 Å². The van der Waals surface area contributed by atoms with Crippen LogP contribution in [0.1, 0.15) is 92.6 Å². The lowest BCUT2D eigenvalue weighted by atomic mass is 10.0. The molecule has 0 radical (unpaired) electrons. The SMILES string of the molecule is CCCCCCCCCCCCc1ccc(C(=O)COS(=O)(=O)c2ccc(C)cc2)cc1. The van der Waals surface area contributed by atoms with Crippen molar-refractivity contribution < 1.29 is 17.4 Å². The number of aryl methyl sites for hydroxylation is 2. The smallest absolute Gasteiger partial charge is 0.291 e. The van der Waals surface area contributed by atoms with Gasteiger partial charge in [0.1, 0.15) is 6.61 Å². The summed E-state index contributed by atoms with van der Waals surface area (Å²) < 4.78 is 29.4. The van der Waals surface area contributed by atoms with Crippen molar-refractivity contribution in [3.05, 3.63) is 65.2 Å². The van der Waals surface area contributed by atoms with Crippen LogP contribution in [0.15, 0.2) is 53.4 Å². The van der Waals surface area contributed by atoms with Gasteiger partial charge in [0.2, 0.25) is 0 Å². The summed E-state index contributed by atoms with van der Waals surface area (Å²) in [6, 6.07) is 13.8. The Bertz CT molecular complexity index is 900. The van der Waals surface area contributed by atoms with E-state index in [9.17, 15) is 13.2 Å². The molecule has 0 heterocycles. The fraction of sp³-hybridized carbons (Fsp3) is 0.519. The van der Waals surface area contributed by atoms with Crippen LogP contribution in [-0.2, 0) is 20.7 Å². The topological polar surface area (TPSA) is 60.4 Å². The molecule has 0 aliphatic carbocycles. The molecular formula is C27H38O4S. The summed E-state index contributed by atoms with van der Waals surface area (Å²) in [6.07, 6.45) is 14.1. The molecule has 0 aromatic heterocycles. The van der Waals surface area contributed by atoms with Gasteiger partial charge in [-0.15, -0.1) is 0 Å². The van der Waals surface area contributed by atoms with E-state index < -0.39 is 16.7 Å². The molecule has 2 rings (SSSR count). The van der Waals surface area contributed by atoms with Gasteiger partial charge in [0.05, 0.1) is 4.90 Å². The van der Waals surface area contributed by atoms with Crippen molar-refractivity contribution in [3.8, 4) is 0 Å². The van der Waals surface area contributed by atoms with Crippen LogP contribution in [-0.4, -0.2) is 20.8 Å². The number of hydrogen-bond acceptors (Lipinski definition) is 4. The zero-order valence-corrected chi connectivity index (χ0v) is 20.5. The summed E-state index contributed by atoms with van der Waals surface area (Å²) in [7, 11) is -3.94. The third kappa shape index (κ3) is 9.66. The number of Topliss-reactive ketones (excluding diaryl/α,β-unsaturated/α-hetero) is 1. The van der Waals surface area contributed by atoms with E-state index in [-0.39, 0.29) is 10.7 Å². The molecule has 2 aromatic rings. The molecule has 0 spiro atoms. The molecule has 176 valence electrons. The molecule has 5 heteroatoms. The summed E-state index contributed by atoms with van der Waals surface area (Å²) >= 11 is 0. The van der Waals surface area contributed by atoms with Crippen molar-refractivity contribution in [2.45, 2.75) is 89.4 Å². The average Bonchev–Trinajstić information content (AvgIpc) is 2.79. The van der Waals surface area contributed by atoms with E-state index in [0.29, 0.717) is 5.56 Å². The van der Waals surface area contributed by atoms with Crippen LogP contribution in [0.4, 0.5) is 0 Å². The second kappa shape index (κ2) is 14.2. The number of benzene rings is 2. The van der Waals surface area contributed by atoms with Gasteiger partial charge in [0, 0.05) is 5.56 Å². The van der Waals surface area contributed by atoms with E-state index in [2.05, 4.69) is 6.92 Å².